The Morgan fingerprint density at radius 1 is 0.247 bits per heavy atom. The molecule has 81 heavy (non-hydrogen) atoms. The van der Waals surface area contributed by atoms with Crippen molar-refractivity contribution < 1.29 is 28.6 Å². The highest BCUT2D eigenvalue weighted by molar-refractivity contribution is 5.71. The molecular weight excluding hydrogens is 997 g/mol. The third-order valence-electron chi connectivity index (χ3n) is 12.6. The molecule has 0 aliphatic rings. The molecule has 450 valence electrons. The molecule has 6 nitrogen and oxygen atoms in total. The van der Waals surface area contributed by atoms with E-state index < -0.39 is 6.10 Å². The molecule has 0 heterocycles. The summed E-state index contributed by atoms with van der Waals surface area (Å²) in [7, 11) is 0. The second kappa shape index (κ2) is 66.8. The molecule has 0 spiro atoms. The molecule has 0 aromatic heterocycles. The summed E-state index contributed by atoms with van der Waals surface area (Å²) in [5.74, 6) is -1.000. The van der Waals surface area contributed by atoms with Crippen LogP contribution in [-0.4, -0.2) is 37.2 Å². The van der Waals surface area contributed by atoms with Crippen molar-refractivity contribution in [3.63, 3.8) is 0 Å². The highest BCUT2D eigenvalue weighted by atomic mass is 16.6. The molecule has 0 aliphatic heterocycles. The lowest BCUT2D eigenvalue weighted by Crippen LogP contribution is -2.30. The van der Waals surface area contributed by atoms with E-state index in [-0.39, 0.29) is 37.5 Å². The highest BCUT2D eigenvalue weighted by Crippen LogP contribution is 2.13. The minimum Gasteiger partial charge on any atom is -0.462 e. The SMILES string of the molecule is CC/C=C\C/C=C\C/C=C\C/C=C\C/C=C\C/C=C\C/C=C\C/C=C\C/C=C\CCCCCCCC(=O)OCC(COC(=O)CCCCC/C=C\C/C=C\C/C=C\CC)OC(=O)CCCCCC/C=C\C/C=C\C/C=C\C/C=C\CC. The van der Waals surface area contributed by atoms with Crippen LogP contribution in [0.3, 0.4) is 0 Å². The molecule has 1 unspecified atom stereocenters. The smallest absolute Gasteiger partial charge is 0.306 e. The molecule has 0 radical (unpaired) electrons. The van der Waals surface area contributed by atoms with E-state index in [1.807, 2.05) is 0 Å². The van der Waals surface area contributed by atoms with Gasteiger partial charge in [0.25, 0.3) is 0 Å². The molecular formula is C75H114O6. The minimum atomic E-state index is -0.824. The van der Waals surface area contributed by atoms with Crippen LogP contribution in [0.15, 0.2) is 194 Å². The second-order valence-corrected chi connectivity index (χ2v) is 20.2. The predicted octanol–water partition coefficient (Wildman–Crippen LogP) is 22.2. The molecule has 0 aromatic carbocycles. The van der Waals surface area contributed by atoms with Gasteiger partial charge in [-0.3, -0.25) is 14.4 Å². The van der Waals surface area contributed by atoms with Crippen LogP contribution in [0.4, 0.5) is 0 Å². The topological polar surface area (TPSA) is 78.9 Å². The van der Waals surface area contributed by atoms with Crippen molar-refractivity contribution in [1.82, 2.24) is 0 Å². The van der Waals surface area contributed by atoms with Crippen molar-refractivity contribution in [2.45, 2.75) is 245 Å². The first-order valence-corrected chi connectivity index (χ1v) is 31.9. The van der Waals surface area contributed by atoms with Gasteiger partial charge in [0.05, 0.1) is 0 Å². The first-order valence-electron chi connectivity index (χ1n) is 31.9. The number of rotatable bonds is 55. The number of ether oxygens (including phenoxy) is 3. The Morgan fingerprint density at radius 3 is 0.704 bits per heavy atom. The molecule has 0 rings (SSSR count). The van der Waals surface area contributed by atoms with Crippen molar-refractivity contribution in [2.24, 2.45) is 0 Å². The van der Waals surface area contributed by atoms with E-state index in [4.69, 9.17) is 14.2 Å². The zero-order valence-corrected chi connectivity index (χ0v) is 51.5. The maximum atomic E-state index is 12.9. The number of unbranched alkanes of at least 4 members (excludes halogenated alkanes) is 12. The summed E-state index contributed by atoms with van der Waals surface area (Å²) in [4.78, 5) is 38.3. The molecule has 0 saturated heterocycles. The Balaban J connectivity index is 4.41. The maximum absolute atomic E-state index is 12.9. The van der Waals surface area contributed by atoms with Crippen LogP contribution in [0.25, 0.3) is 0 Å². The Hall–Kier alpha value is -5.75. The van der Waals surface area contributed by atoms with Crippen molar-refractivity contribution in [2.75, 3.05) is 13.2 Å². The largest absolute Gasteiger partial charge is 0.462 e. The molecule has 0 aliphatic carbocycles. The van der Waals surface area contributed by atoms with E-state index in [0.717, 1.165) is 199 Å². The van der Waals surface area contributed by atoms with Crippen LogP contribution in [0.5, 0.6) is 0 Å². The van der Waals surface area contributed by atoms with Crippen molar-refractivity contribution in [3.05, 3.63) is 194 Å². The Kier molecular flexibility index (Phi) is 62.0. The van der Waals surface area contributed by atoms with Gasteiger partial charge in [-0.25, -0.2) is 0 Å². The molecule has 0 saturated carbocycles. The quantitative estimate of drug-likeness (QED) is 0.0261. The fraction of sp³-hybridized carbons (Fsp3) is 0.533. The fourth-order valence-electron chi connectivity index (χ4n) is 7.91. The zero-order chi connectivity index (χ0) is 58.5. The molecule has 0 bridgehead atoms. The maximum Gasteiger partial charge on any atom is 0.306 e. The second-order valence-electron chi connectivity index (χ2n) is 20.2. The summed E-state index contributed by atoms with van der Waals surface area (Å²) >= 11 is 0. The Labute approximate surface area is 497 Å². The summed E-state index contributed by atoms with van der Waals surface area (Å²) in [5.41, 5.74) is 0. The van der Waals surface area contributed by atoms with E-state index in [1.54, 1.807) is 0 Å². The van der Waals surface area contributed by atoms with Crippen LogP contribution in [0, 0.1) is 0 Å². The van der Waals surface area contributed by atoms with Gasteiger partial charge < -0.3 is 14.2 Å². The van der Waals surface area contributed by atoms with E-state index in [0.29, 0.717) is 12.8 Å². The van der Waals surface area contributed by atoms with E-state index in [1.165, 1.54) is 0 Å². The van der Waals surface area contributed by atoms with E-state index in [9.17, 15) is 14.4 Å². The highest BCUT2D eigenvalue weighted by Gasteiger charge is 2.19. The number of allylic oxidation sites excluding steroid dienone is 32. The Bertz CT molecular complexity index is 1950. The normalized spacial score (nSPS) is 13.5. The molecule has 6 heteroatoms. The standard InChI is InChI=1S/C75H114O6/c1-4-7-10-13-16-19-22-25-27-29-30-31-32-33-34-35-36-37-38-39-40-41-42-43-44-46-47-50-53-56-59-62-65-68-74(77)80-71-72(70-79-73(76)67-64-61-58-55-52-49-24-21-18-15-12-9-6-3)81-75(78)69-66-63-60-57-54-51-48-45-28-26-23-20-17-14-11-8-5-2/h7-12,16-21,25-28,30-31,33-34,36-37,39-40,42-43,46-49,51-52,72H,4-6,13-15,22-24,29,32,35,38,41,44-45,50,53-71H2,1-3H3/b10-7-,11-8-,12-9-,19-16-,20-17-,21-18-,27-25-,28-26-,31-30-,34-33-,37-36-,40-39-,43-42-,47-46-,51-48-,52-49-. The van der Waals surface area contributed by atoms with Gasteiger partial charge in [0.1, 0.15) is 13.2 Å². The van der Waals surface area contributed by atoms with Gasteiger partial charge in [-0.05, 0) is 161 Å². The zero-order valence-electron chi connectivity index (χ0n) is 51.5. The molecule has 0 amide bonds. The predicted molar refractivity (Wildman–Crippen MR) is 352 cm³/mol. The Morgan fingerprint density at radius 2 is 0.444 bits per heavy atom. The molecule has 0 fully saturated rings. The van der Waals surface area contributed by atoms with Crippen molar-refractivity contribution >= 4 is 17.9 Å². The van der Waals surface area contributed by atoms with Gasteiger partial charge in [-0.1, -0.05) is 254 Å². The van der Waals surface area contributed by atoms with Crippen LogP contribution < -0.4 is 0 Å². The van der Waals surface area contributed by atoms with Crippen LogP contribution in [0.2, 0.25) is 0 Å². The van der Waals surface area contributed by atoms with Gasteiger partial charge in [-0.15, -0.1) is 0 Å². The van der Waals surface area contributed by atoms with Crippen LogP contribution in [-0.2, 0) is 28.6 Å². The fourth-order valence-corrected chi connectivity index (χ4v) is 7.91. The van der Waals surface area contributed by atoms with Gasteiger partial charge >= 0.3 is 17.9 Å². The monoisotopic (exact) mass is 1110 g/mol. The summed E-state index contributed by atoms with van der Waals surface area (Å²) in [6.45, 7) is 6.21. The summed E-state index contributed by atoms with van der Waals surface area (Å²) in [6.07, 6.45) is 102. The molecule has 1 atom stereocenters. The van der Waals surface area contributed by atoms with Crippen molar-refractivity contribution in [1.29, 1.82) is 0 Å². The third-order valence-corrected chi connectivity index (χ3v) is 12.6. The van der Waals surface area contributed by atoms with Gasteiger partial charge in [0, 0.05) is 19.3 Å². The molecule has 0 aromatic rings. The molecule has 0 N–H and O–H groups in total. The van der Waals surface area contributed by atoms with E-state index in [2.05, 4.69) is 215 Å². The third kappa shape index (κ3) is 64.9. The lowest BCUT2D eigenvalue weighted by Gasteiger charge is -2.18. The first-order chi connectivity index (χ1) is 40.0. The van der Waals surface area contributed by atoms with Gasteiger partial charge in [-0.2, -0.15) is 0 Å². The number of carbonyl (C=O) groups excluding carboxylic acids is 3. The number of esters is 3. The first kappa shape index (κ1) is 75.2. The lowest BCUT2D eigenvalue weighted by atomic mass is 10.1. The number of hydrogen-bond donors (Lipinski definition) is 0. The van der Waals surface area contributed by atoms with E-state index >= 15 is 0 Å². The summed E-state index contributed by atoms with van der Waals surface area (Å²) in [5, 5.41) is 0. The van der Waals surface area contributed by atoms with Crippen LogP contribution in [0.1, 0.15) is 239 Å². The van der Waals surface area contributed by atoms with Crippen LogP contribution >= 0.6 is 0 Å². The number of carbonyl (C=O) groups is 3. The minimum absolute atomic E-state index is 0.118. The van der Waals surface area contributed by atoms with Crippen molar-refractivity contribution in [3.8, 4) is 0 Å². The summed E-state index contributed by atoms with van der Waals surface area (Å²) in [6, 6.07) is 0. The number of hydrogen-bond acceptors (Lipinski definition) is 6. The van der Waals surface area contributed by atoms with Gasteiger partial charge in [0.15, 0.2) is 6.10 Å². The lowest BCUT2D eigenvalue weighted by molar-refractivity contribution is -0.167. The summed E-state index contributed by atoms with van der Waals surface area (Å²) < 4.78 is 16.8. The average molecular weight is 1110 g/mol. The van der Waals surface area contributed by atoms with Gasteiger partial charge in [0.2, 0.25) is 0 Å². The average Bonchev–Trinajstić information content (AvgIpc) is 3.46.